The smallest absolute Gasteiger partial charge is 0.328 e. The van der Waals surface area contributed by atoms with Crippen molar-refractivity contribution in [1.29, 1.82) is 0 Å². The van der Waals surface area contributed by atoms with E-state index in [1.165, 1.54) is 9.13 Å². The van der Waals surface area contributed by atoms with Crippen LogP contribution in [0.25, 0.3) is 11.0 Å². The molecule has 2 N–H and O–H groups in total. The molecule has 2 aromatic rings. The molecular weight excluding hydrogens is 274 g/mol. The Bertz CT molecular complexity index is 827. The molecule has 0 radical (unpaired) electrons. The van der Waals surface area contributed by atoms with Crippen molar-refractivity contribution in [2.75, 3.05) is 5.32 Å². The van der Waals surface area contributed by atoms with Crippen LogP contribution in [0.2, 0.25) is 0 Å². The van der Waals surface area contributed by atoms with Gasteiger partial charge in [-0.1, -0.05) is 0 Å². The summed E-state index contributed by atoms with van der Waals surface area (Å²) in [7, 11) is 3.32. The van der Waals surface area contributed by atoms with E-state index in [1.807, 2.05) is 0 Å². The number of nitrogens with zero attached hydrogens (tertiary/aromatic N) is 2. The average Bonchev–Trinajstić information content (AvgIpc) is 3.23. The molecule has 0 aliphatic heterocycles. The van der Waals surface area contributed by atoms with Crippen LogP contribution in [-0.2, 0) is 23.7 Å². The van der Waals surface area contributed by atoms with Gasteiger partial charge in [0.1, 0.15) is 5.41 Å². The number of imidazole rings is 1. The number of rotatable bonds is 3. The first-order chi connectivity index (χ1) is 9.86. The van der Waals surface area contributed by atoms with Gasteiger partial charge in [-0.05, 0) is 31.0 Å². The molecule has 1 aromatic carbocycles. The number of aryl methyl sites for hydroxylation is 2. The highest BCUT2D eigenvalue weighted by Gasteiger charge is 2.57. The van der Waals surface area contributed by atoms with Crippen LogP contribution in [0.1, 0.15) is 12.8 Å². The minimum absolute atomic E-state index is 0.155. The van der Waals surface area contributed by atoms with E-state index in [-0.39, 0.29) is 5.69 Å². The van der Waals surface area contributed by atoms with Crippen LogP contribution in [0, 0.1) is 5.41 Å². The summed E-state index contributed by atoms with van der Waals surface area (Å²) in [6, 6.07) is 5.07. The lowest BCUT2D eigenvalue weighted by Gasteiger charge is -2.11. The maximum atomic E-state index is 12.1. The highest BCUT2D eigenvalue weighted by molar-refractivity contribution is 6.11. The van der Waals surface area contributed by atoms with E-state index in [4.69, 9.17) is 5.11 Å². The number of benzene rings is 1. The Kier molecular flexibility index (Phi) is 2.69. The minimum atomic E-state index is -1.28. The molecule has 1 fully saturated rings. The fourth-order valence-electron chi connectivity index (χ4n) is 2.50. The second-order valence-corrected chi connectivity index (χ2v) is 5.45. The Balaban J connectivity index is 1.96. The third-order valence-electron chi connectivity index (χ3n) is 4.12. The molecule has 1 aromatic heterocycles. The summed E-state index contributed by atoms with van der Waals surface area (Å²) in [5.74, 6) is -1.59. The number of carboxylic acids is 1. The summed E-state index contributed by atoms with van der Waals surface area (Å²) >= 11 is 0. The molecule has 110 valence electrons. The molecule has 21 heavy (non-hydrogen) atoms. The molecule has 0 spiro atoms. The van der Waals surface area contributed by atoms with Crippen LogP contribution in [0.3, 0.4) is 0 Å². The van der Waals surface area contributed by atoms with Gasteiger partial charge in [0.05, 0.1) is 11.0 Å². The largest absolute Gasteiger partial charge is 0.480 e. The fourth-order valence-corrected chi connectivity index (χ4v) is 2.50. The molecule has 1 saturated carbocycles. The highest BCUT2D eigenvalue weighted by atomic mass is 16.4. The molecule has 1 heterocycles. The van der Waals surface area contributed by atoms with Crippen LogP contribution >= 0.6 is 0 Å². The van der Waals surface area contributed by atoms with Crippen LogP contribution < -0.4 is 11.0 Å². The number of hydrogen-bond donors (Lipinski definition) is 2. The molecule has 1 aliphatic rings. The van der Waals surface area contributed by atoms with Gasteiger partial charge in [0.2, 0.25) is 5.91 Å². The van der Waals surface area contributed by atoms with Gasteiger partial charge in [0.25, 0.3) is 0 Å². The molecule has 7 heteroatoms. The SMILES string of the molecule is Cn1c(=O)n(C)c2cc(NC(=O)C3(C(=O)O)CC3)ccc21. The Hall–Kier alpha value is -2.57. The topological polar surface area (TPSA) is 93.3 Å². The van der Waals surface area contributed by atoms with Gasteiger partial charge in [-0.25, -0.2) is 4.79 Å². The Morgan fingerprint density at radius 3 is 2.38 bits per heavy atom. The highest BCUT2D eigenvalue weighted by Crippen LogP contribution is 2.46. The van der Waals surface area contributed by atoms with E-state index in [1.54, 1.807) is 32.3 Å². The Labute approximate surface area is 119 Å². The van der Waals surface area contributed by atoms with Gasteiger partial charge in [0.15, 0.2) is 0 Å². The van der Waals surface area contributed by atoms with Crippen molar-refractivity contribution in [2.24, 2.45) is 19.5 Å². The number of carbonyl (C=O) groups excluding carboxylic acids is 1. The Morgan fingerprint density at radius 2 is 1.81 bits per heavy atom. The summed E-state index contributed by atoms with van der Waals surface area (Å²) in [6.45, 7) is 0. The summed E-state index contributed by atoms with van der Waals surface area (Å²) in [5, 5.41) is 11.7. The molecular formula is C14H15N3O4. The molecule has 7 nitrogen and oxygen atoms in total. The molecule has 1 aliphatic carbocycles. The lowest BCUT2D eigenvalue weighted by atomic mass is 10.1. The number of carboxylic acid groups (broad SMARTS) is 1. The number of nitrogens with one attached hydrogen (secondary N) is 1. The third kappa shape index (κ3) is 1.84. The lowest BCUT2D eigenvalue weighted by molar-refractivity contribution is -0.147. The molecule has 0 unspecified atom stereocenters. The molecule has 1 amide bonds. The van der Waals surface area contributed by atoms with Gasteiger partial charge in [-0.2, -0.15) is 0 Å². The summed E-state index contributed by atoms with van der Waals surface area (Å²) in [4.78, 5) is 35.0. The number of carbonyl (C=O) groups is 2. The minimum Gasteiger partial charge on any atom is -0.480 e. The monoisotopic (exact) mass is 289 g/mol. The number of aliphatic carboxylic acids is 1. The average molecular weight is 289 g/mol. The first kappa shape index (κ1) is 13.4. The third-order valence-corrected chi connectivity index (χ3v) is 4.12. The second kappa shape index (κ2) is 4.21. The summed E-state index contributed by atoms with van der Waals surface area (Å²) in [6.07, 6.45) is 0.723. The summed E-state index contributed by atoms with van der Waals surface area (Å²) in [5.41, 5.74) is 0.483. The maximum absolute atomic E-state index is 12.1. The van der Waals surface area contributed by atoms with Crippen LogP contribution in [-0.4, -0.2) is 26.1 Å². The van der Waals surface area contributed by atoms with Gasteiger partial charge >= 0.3 is 11.7 Å². The standard InChI is InChI=1S/C14H15N3O4/c1-16-9-4-3-8(7-10(9)17(2)13(16)21)15-11(18)14(5-6-14)12(19)20/h3-4,7H,5-6H2,1-2H3,(H,15,18)(H,19,20). The zero-order chi connectivity index (χ0) is 15.4. The normalized spacial score (nSPS) is 15.9. The zero-order valence-electron chi connectivity index (χ0n) is 11.7. The van der Waals surface area contributed by atoms with E-state index >= 15 is 0 Å². The van der Waals surface area contributed by atoms with Crippen LogP contribution in [0.5, 0.6) is 0 Å². The Morgan fingerprint density at radius 1 is 1.19 bits per heavy atom. The van der Waals surface area contributed by atoms with E-state index in [0.717, 1.165) is 5.52 Å². The fraction of sp³-hybridized carbons (Fsp3) is 0.357. The quantitative estimate of drug-likeness (QED) is 0.813. The summed E-state index contributed by atoms with van der Waals surface area (Å²) < 4.78 is 3.00. The number of aromatic nitrogens is 2. The van der Waals surface area contributed by atoms with Gasteiger partial charge in [-0.15, -0.1) is 0 Å². The van der Waals surface area contributed by atoms with Crippen LogP contribution in [0.4, 0.5) is 5.69 Å². The van der Waals surface area contributed by atoms with Crippen molar-refractivity contribution in [3.8, 4) is 0 Å². The van der Waals surface area contributed by atoms with E-state index in [2.05, 4.69) is 5.32 Å². The van der Waals surface area contributed by atoms with Crippen LogP contribution in [0.15, 0.2) is 23.0 Å². The first-order valence-corrected chi connectivity index (χ1v) is 6.57. The maximum Gasteiger partial charge on any atom is 0.328 e. The van der Waals surface area contributed by atoms with Crippen molar-refractivity contribution < 1.29 is 14.7 Å². The number of anilines is 1. The zero-order valence-corrected chi connectivity index (χ0v) is 11.7. The van der Waals surface area contributed by atoms with Crippen molar-refractivity contribution in [1.82, 2.24) is 9.13 Å². The number of fused-ring (bicyclic) bond motifs is 1. The van der Waals surface area contributed by atoms with Crippen molar-refractivity contribution in [3.05, 3.63) is 28.7 Å². The van der Waals surface area contributed by atoms with E-state index in [9.17, 15) is 14.4 Å². The molecule has 0 bridgehead atoms. The van der Waals surface area contributed by atoms with Gasteiger partial charge in [0, 0.05) is 19.8 Å². The number of hydrogen-bond acceptors (Lipinski definition) is 3. The van der Waals surface area contributed by atoms with E-state index < -0.39 is 17.3 Å². The predicted octanol–water partition coefficient (Wildman–Crippen LogP) is 0.680. The second-order valence-electron chi connectivity index (χ2n) is 5.45. The van der Waals surface area contributed by atoms with Crippen molar-refractivity contribution in [2.45, 2.75) is 12.8 Å². The van der Waals surface area contributed by atoms with E-state index in [0.29, 0.717) is 24.0 Å². The first-order valence-electron chi connectivity index (χ1n) is 6.57. The van der Waals surface area contributed by atoms with Gasteiger partial charge in [-0.3, -0.25) is 18.7 Å². The van der Waals surface area contributed by atoms with Crippen molar-refractivity contribution in [3.63, 3.8) is 0 Å². The lowest BCUT2D eigenvalue weighted by Crippen LogP contribution is -2.31. The van der Waals surface area contributed by atoms with Gasteiger partial charge < -0.3 is 10.4 Å². The molecule has 3 rings (SSSR count). The molecule has 0 atom stereocenters. The number of amides is 1. The predicted molar refractivity (Wildman–Crippen MR) is 76.1 cm³/mol. The van der Waals surface area contributed by atoms with Crippen molar-refractivity contribution >= 4 is 28.6 Å². The molecule has 0 saturated heterocycles.